The van der Waals surface area contributed by atoms with E-state index in [9.17, 15) is 9.59 Å². The summed E-state index contributed by atoms with van der Waals surface area (Å²) in [6, 6.07) is 10.2. The Balaban J connectivity index is 1.91. The Hall–Kier alpha value is -2.10. The number of amides is 1. The second-order valence-electron chi connectivity index (χ2n) is 7.59. The zero-order valence-electron chi connectivity index (χ0n) is 14.7. The molecule has 1 aromatic rings. The van der Waals surface area contributed by atoms with E-state index >= 15 is 0 Å². The zero-order valence-corrected chi connectivity index (χ0v) is 14.7. The summed E-state index contributed by atoms with van der Waals surface area (Å²) in [4.78, 5) is 26.7. The third-order valence-electron chi connectivity index (χ3n) is 4.55. The van der Waals surface area contributed by atoms with E-state index < -0.39 is 5.60 Å². The van der Waals surface area contributed by atoms with Gasteiger partial charge in [0.25, 0.3) is 0 Å². The number of carbonyl (C=O) groups excluding carboxylic acids is 2. The molecule has 1 fully saturated rings. The molecule has 0 N–H and O–H groups in total. The van der Waals surface area contributed by atoms with Crippen LogP contribution in [0.5, 0.6) is 0 Å². The van der Waals surface area contributed by atoms with Crippen molar-refractivity contribution < 1.29 is 14.3 Å². The van der Waals surface area contributed by atoms with Gasteiger partial charge in [0.15, 0.2) is 0 Å². The summed E-state index contributed by atoms with van der Waals surface area (Å²) in [7, 11) is 0. The minimum absolute atomic E-state index is 0.132. The number of fused-ring (bicyclic) bond motifs is 1. The molecule has 1 aromatic carbocycles. The maximum Gasteiger partial charge on any atom is 0.336 e. The van der Waals surface area contributed by atoms with E-state index in [2.05, 4.69) is 12.1 Å². The summed E-state index contributed by atoms with van der Waals surface area (Å²) in [6.07, 6.45) is 2.65. The van der Waals surface area contributed by atoms with Gasteiger partial charge in [-0.1, -0.05) is 30.3 Å². The topological polar surface area (TPSA) is 46.6 Å². The number of ether oxygens (including phenoxy) is 1. The molecule has 1 atom stereocenters. The Labute approximate surface area is 143 Å². The molecule has 4 heteroatoms. The van der Waals surface area contributed by atoms with Crippen LogP contribution in [0.15, 0.2) is 41.6 Å². The van der Waals surface area contributed by atoms with Crippen LogP contribution in [0.1, 0.15) is 45.6 Å². The molecule has 2 aliphatic rings. The molecule has 128 valence electrons. The van der Waals surface area contributed by atoms with E-state index in [-0.39, 0.29) is 17.8 Å². The van der Waals surface area contributed by atoms with Crippen molar-refractivity contribution in [1.82, 2.24) is 4.90 Å². The lowest BCUT2D eigenvalue weighted by Gasteiger charge is -2.30. The fourth-order valence-electron chi connectivity index (χ4n) is 3.57. The minimum Gasteiger partial charge on any atom is -0.457 e. The molecule has 4 nitrogen and oxygen atoms in total. The second-order valence-corrected chi connectivity index (χ2v) is 7.59. The maximum absolute atomic E-state index is 12.6. The number of esters is 1. The molecule has 0 bridgehead atoms. The van der Waals surface area contributed by atoms with Gasteiger partial charge in [-0.2, -0.15) is 0 Å². The molecule has 1 amide bonds. The van der Waals surface area contributed by atoms with Crippen molar-refractivity contribution >= 4 is 11.9 Å². The predicted octanol–water partition coefficient (Wildman–Crippen LogP) is 3.47. The summed E-state index contributed by atoms with van der Waals surface area (Å²) in [6.45, 7) is 6.33. The van der Waals surface area contributed by atoms with Crippen molar-refractivity contribution in [2.24, 2.45) is 5.92 Å². The molecular formula is C20H25NO3. The van der Waals surface area contributed by atoms with Crippen molar-refractivity contribution in [2.75, 3.05) is 6.54 Å². The van der Waals surface area contributed by atoms with E-state index in [0.717, 1.165) is 18.5 Å². The Bertz CT molecular complexity index is 670. The summed E-state index contributed by atoms with van der Waals surface area (Å²) < 4.78 is 5.58. The Morgan fingerprint density at radius 2 is 1.92 bits per heavy atom. The van der Waals surface area contributed by atoms with Gasteiger partial charge < -0.3 is 9.64 Å². The number of nitrogens with zero attached hydrogens (tertiary/aromatic N) is 1. The van der Waals surface area contributed by atoms with Crippen molar-refractivity contribution in [3.63, 3.8) is 0 Å². The molecule has 2 heterocycles. The molecule has 0 aliphatic carbocycles. The van der Waals surface area contributed by atoms with Crippen LogP contribution >= 0.6 is 0 Å². The first-order chi connectivity index (χ1) is 11.3. The number of carbonyl (C=O) groups is 2. The molecule has 1 saturated heterocycles. The van der Waals surface area contributed by atoms with E-state index in [1.165, 1.54) is 5.56 Å². The SMILES string of the molecule is CC(C)(C)OC(=O)C1=C2C(Cc3ccccc3)CCN2C(=O)CC1. The highest BCUT2D eigenvalue weighted by atomic mass is 16.6. The van der Waals surface area contributed by atoms with Gasteiger partial charge in [-0.3, -0.25) is 4.79 Å². The smallest absolute Gasteiger partial charge is 0.336 e. The summed E-state index contributed by atoms with van der Waals surface area (Å²) in [5.41, 5.74) is 2.32. The van der Waals surface area contributed by atoms with Gasteiger partial charge in [-0.15, -0.1) is 0 Å². The first kappa shape index (κ1) is 16.7. The van der Waals surface area contributed by atoms with Crippen LogP contribution in [0.3, 0.4) is 0 Å². The minimum atomic E-state index is -0.523. The van der Waals surface area contributed by atoms with Gasteiger partial charge in [0.1, 0.15) is 5.60 Å². The number of hydrogen-bond acceptors (Lipinski definition) is 3. The molecule has 2 aliphatic heterocycles. The first-order valence-electron chi connectivity index (χ1n) is 8.66. The number of benzene rings is 1. The fraction of sp³-hybridized carbons (Fsp3) is 0.500. The molecule has 0 radical (unpaired) electrons. The Morgan fingerprint density at radius 3 is 2.58 bits per heavy atom. The standard InChI is InChI=1S/C20H25NO3/c1-20(2,3)24-19(23)16-9-10-17(22)21-12-11-15(18(16)21)13-14-7-5-4-6-8-14/h4-8,15H,9-13H2,1-3H3. The lowest BCUT2D eigenvalue weighted by Crippen LogP contribution is -2.35. The summed E-state index contributed by atoms with van der Waals surface area (Å²) in [5.74, 6) is 0.0713. The quantitative estimate of drug-likeness (QED) is 0.799. The van der Waals surface area contributed by atoms with Gasteiger partial charge in [0, 0.05) is 24.6 Å². The van der Waals surface area contributed by atoms with Crippen LogP contribution in [-0.2, 0) is 20.7 Å². The van der Waals surface area contributed by atoms with Gasteiger partial charge in [0.2, 0.25) is 5.91 Å². The number of hydrogen-bond donors (Lipinski definition) is 0. The third kappa shape index (κ3) is 3.53. The summed E-state index contributed by atoms with van der Waals surface area (Å²) >= 11 is 0. The van der Waals surface area contributed by atoms with Crippen LogP contribution < -0.4 is 0 Å². The van der Waals surface area contributed by atoms with Crippen molar-refractivity contribution in [3.05, 3.63) is 47.2 Å². The number of rotatable bonds is 3. The van der Waals surface area contributed by atoms with E-state index in [1.54, 1.807) is 0 Å². The second kappa shape index (κ2) is 6.42. The van der Waals surface area contributed by atoms with Gasteiger partial charge in [0.05, 0.1) is 5.57 Å². The predicted molar refractivity (Wildman–Crippen MR) is 92.1 cm³/mol. The van der Waals surface area contributed by atoms with E-state index in [0.29, 0.717) is 25.0 Å². The third-order valence-corrected chi connectivity index (χ3v) is 4.55. The van der Waals surface area contributed by atoms with Crippen molar-refractivity contribution in [1.29, 1.82) is 0 Å². The lowest BCUT2D eigenvalue weighted by atomic mass is 9.90. The molecule has 0 saturated carbocycles. The maximum atomic E-state index is 12.6. The van der Waals surface area contributed by atoms with Gasteiger partial charge in [-0.25, -0.2) is 4.79 Å². The Kier molecular flexibility index (Phi) is 4.48. The van der Waals surface area contributed by atoms with Crippen LogP contribution in [0, 0.1) is 5.92 Å². The average Bonchev–Trinajstić information content (AvgIpc) is 2.92. The van der Waals surface area contributed by atoms with Crippen LogP contribution in [0.4, 0.5) is 0 Å². The highest BCUT2D eigenvalue weighted by Crippen LogP contribution is 2.38. The molecule has 0 spiro atoms. The molecule has 1 unspecified atom stereocenters. The highest BCUT2D eigenvalue weighted by Gasteiger charge is 2.39. The molecule has 3 rings (SSSR count). The fourth-order valence-corrected chi connectivity index (χ4v) is 3.57. The lowest BCUT2D eigenvalue weighted by molar-refractivity contribution is -0.150. The average molecular weight is 327 g/mol. The monoisotopic (exact) mass is 327 g/mol. The normalized spacial score (nSPS) is 21.0. The molecule has 24 heavy (non-hydrogen) atoms. The zero-order chi connectivity index (χ0) is 17.3. The highest BCUT2D eigenvalue weighted by molar-refractivity contribution is 5.94. The van der Waals surface area contributed by atoms with E-state index in [1.807, 2.05) is 43.9 Å². The number of allylic oxidation sites excluding steroid dienone is 1. The van der Waals surface area contributed by atoms with Crippen LogP contribution in [-0.4, -0.2) is 28.9 Å². The first-order valence-corrected chi connectivity index (χ1v) is 8.66. The molecular weight excluding hydrogens is 302 g/mol. The van der Waals surface area contributed by atoms with E-state index in [4.69, 9.17) is 4.74 Å². The largest absolute Gasteiger partial charge is 0.457 e. The Morgan fingerprint density at radius 1 is 1.21 bits per heavy atom. The van der Waals surface area contributed by atoms with Crippen LogP contribution in [0.2, 0.25) is 0 Å². The van der Waals surface area contributed by atoms with Gasteiger partial charge >= 0.3 is 5.97 Å². The van der Waals surface area contributed by atoms with Crippen molar-refractivity contribution in [3.8, 4) is 0 Å². The summed E-state index contributed by atoms with van der Waals surface area (Å²) in [5, 5.41) is 0. The van der Waals surface area contributed by atoms with Gasteiger partial charge in [-0.05, 0) is 45.6 Å². The van der Waals surface area contributed by atoms with Crippen LogP contribution in [0.25, 0.3) is 0 Å². The molecule has 0 aromatic heterocycles. The van der Waals surface area contributed by atoms with Crippen molar-refractivity contribution in [2.45, 2.75) is 52.1 Å².